The van der Waals surface area contributed by atoms with E-state index in [1.54, 1.807) is 12.1 Å². The molecule has 21 heavy (non-hydrogen) atoms. The van der Waals surface area contributed by atoms with Gasteiger partial charge in [-0.1, -0.05) is 54.7 Å². The van der Waals surface area contributed by atoms with E-state index in [2.05, 4.69) is 9.97 Å². The lowest BCUT2D eigenvalue weighted by Gasteiger charge is -2.10. The Balaban J connectivity index is 2.21. The van der Waals surface area contributed by atoms with Crippen LogP contribution >= 0.6 is 12.2 Å². The summed E-state index contributed by atoms with van der Waals surface area (Å²) in [5.74, 6) is 0.277. The monoisotopic (exact) mass is 296 g/mol. The highest BCUT2D eigenvalue weighted by molar-refractivity contribution is 7.71. The lowest BCUT2D eigenvalue weighted by molar-refractivity contribution is 0.628. The zero-order valence-corrected chi connectivity index (χ0v) is 12.2. The van der Waals surface area contributed by atoms with Crippen molar-refractivity contribution in [3.05, 3.63) is 70.6 Å². The molecular weight excluding hydrogens is 283 g/mol. The molecule has 0 atom stereocenters. The van der Waals surface area contributed by atoms with Gasteiger partial charge in [0, 0.05) is 11.1 Å². The molecule has 0 aliphatic carbocycles. The van der Waals surface area contributed by atoms with Crippen molar-refractivity contribution in [1.82, 2.24) is 9.97 Å². The molecule has 104 valence electrons. The number of hydrogen-bond acceptors (Lipinski definition) is 2. The van der Waals surface area contributed by atoms with Gasteiger partial charge in [0.05, 0.1) is 5.69 Å². The number of halogens is 1. The number of nitrogens with one attached hydrogen (secondary N) is 1. The highest BCUT2D eigenvalue weighted by Crippen LogP contribution is 2.25. The van der Waals surface area contributed by atoms with Crippen LogP contribution in [0.1, 0.15) is 5.56 Å². The van der Waals surface area contributed by atoms with Crippen LogP contribution < -0.4 is 0 Å². The van der Waals surface area contributed by atoms with E-state index in [0.29, 0.717) is 16.0 Å². The SMILES string of the molecule is Cc1c(-c2ccccc2)[nH]c(-c2cccc(F)c2)nc1=S. The Morgan fingerprint density at radius 1 is 1.00 bits per heavy atom. The lowest BCUT2D eigenvalue weighted by Crippen LogP contribution is -1.97. The van der Waals surface area contributed by atoms with Gasteiger partial charge in [-0.25, -0.2) is 9.37 Å². The molecule has 1 N–H and O–H groups in total. The topological polar surface area (TPSA) is 28.7 Å². The highest BCUT2D eigenvalue weighted by atomic mass is 32.1. The fourth-order valence-electron chi connectivity index (χ4n) is 2.20. The van der Waals surface area contributed by atoms with Gasteiger partial charge in [0.15, 0.2) is 0 Å². The van der Waals surface area contributed by atoms with Gasteiger partial charge < -0.3 is 4.98 Å². The first kappa shape index (κ1) is 13.6. The summed E-state index contributed by atoms with van der Waals surface area (Å²) in [6.45, 7) is 1.93. The molecule has 3 rings (SSSR count). The Kier molecular flexibility index (Phi) is 3.62. The fourth-order valence-corrected chi connectivity index (χ4v) is 2.39. The third kappa shape index (κ3) is 2.76. The van der Waals surface area contributed by atoms with Gasteiger partial charge in [0.1, 0.15) is 16.3 Å². The van der Waals surface area contributed by atoms with Crippen molar-refractivity contribution in [3.8, 4) is 22.6 Å². The summed E-state index contributed by atoms with van der Waals surface area (Å²) in [7, 11) is 0. The molecule has 2 nitrogen and oxygen atoms in total. The molecule has 0 spiro atoms. The number of hydrogen-bond donors (Lipinski definition) is 1. The van der Waals surface area contributed by atoms with Gasteiger partial charge >= 0.3 is 0 Å². The number of rotatable bonds is 2. The second-order valence-corrected chi connectivity index (χ2v) is 5.15. The zero-order valence-electron chi connectivity index (χ0n) is 11.4. The van der Waals surface area contributed by atoms with Crippen LogP contribution in [0.25, 0.3) is 22.6 Å². The van der Waals surface area contributed by atoms with Crippen molar-refractivity contribution < 1.29 is 4.39 Å². The molecule has 0 saturated heterocycles. The van der Waals surface area contributed by atoms with Crippen LogP contribution in [0.5, 0.6) is 0 Å². The predicted molar refractivity (Wildman–Crippen MR) is 85.0 cm³/mol. The maximum Gasteiger partial charge on any atom is 0.139 e. The fraction of sp³-hybridized carbons (Fsp3) is 0.0588. The summed E-state index contributed by atoms with van der Waals surface area (Å²) < 4.78 is 13.9. The van der Waals surface area contributed by atoms with Crippen LogP contribution in [0.4, 0.5) is 4.39 Å². The van der Waals surface area contributed by atoms with Crippen molar-refractivity contribution in [2.75, 3.05) is 0 Å². The first-order valence-electron chi connectivity index (χ1n) is 6.57. The minimum absolute atomic E-state index is 0.296. The first-order chi connectivity index (χ1) is 10.1. The molecule has 4 heteroatoms. The normalized spacial score (nSPS) is 10.6. The van der Waals surface area contributed by atoms with E-state index in [1.165, 1.54) is 12.1 Å². The Morgan fingerprint density at radius 2 is 1.71 bits per heavy atom. The van der Waals surface area contributed by atoms with Crippen molar-refractivity contribution in [2.24, 2.45) is 0 Å². The molecule has 3 aromatic rings. The highest BCUT2D eigenvalue weighted by Gasteiger charge is 2.09. The van der Waals surface area contributed by atoms with Gasteiger partial charge in [0.2, 0.25) is 0 Å². The summed E-state index contributed by atoms with van der Waals surface area (Å²) in [6, 6.07) is 16.2. The van der Waals surface area contributed by atoms with Crippen molar-refractivity contribution in [2.45, 2.75) is 6.92 Å². The smallest absolute Gasteiger partial charge is 0.139 e. The molecule has 0 fully saturated rings. The first-order valence-corrected chi connectivity index (χ1v) is 6.98. The number of H-pyrrole nitrogens is 1. The number of aromatic nitrogens is 2. The van der Waals surface area contributed by atoms with Crippen LogP contribution in [0.2, 0.25) is 0 Å². The van der Waals surface area contributed by atoms with E-state index in [1.807, 2.05) is 37.3 Å². The van der Waals surface area contributed by atoms with E-state index >= 15 is 0 Å². The largest absolute Gasteiger partial charge is 0.339 e. The average molecular weight is 296 g/mol. The second kappa shape index (κ2) is 5.58. The predicted octanol–water partition coefficient (Wildman–Crippen LogP) is 4.92. The minimum Gasteiger partial charge on any atom is -0.339 e. The maximum absolute atomic E-state index is 13.4. The van der Waals surface area contributed by atoms with E-state index in [4.69, 9.17) is 12.2 Å². The third-order valence-electron chi connectivity index (χ3n) is 3.31. The molecule has 2 aromatic carbocycles. The second-order valence-electron chi connectivity index (χ2n) is 4.77. The molecule has 0 radical (unpaired) electrons. The Morgan fingerprint density at radius 3 is 2.43 bits per heavy atom. The standard InChI is InChI=1S/C17H13FN2S/c1-11-15(12-6-3-2-4-7-12)19-16(20-17(11)21)13-8-5-9-14(18)10-13/h2-10H,1H3,(H,19,20,21). The van der Waals surface area contributed by atoms with Gasteiger partial charge in [0.25, 0.3) is 0 Å². The van der Waals surface area contributed by atoms with Gasteiger partial charge in [-0.15, -0.1) is 0 Å². The summed E-state index contributed by atoms with van der Waals surface area (Å²) in [5, 5.41) is 0. The molecule has 1 aromatic heterocycles. The third-order valence-corrected chi connectivity index (χ3v) is 3.71. The van der Waals surface area contributed by atoms with Crippen molar-refractivity contribution in [1.29, 1.82) is 0 Å². The van der Waals surface area contributed by atoms with Gasteiger partial charge in [-0.05, 0) is 24.6 Å². The van der Waals surface area contributed by atoms with Gasteiger partial charge in [-0.3, -0.25) is 0 Å². The van der Waals surface area contributed by atoms with Crippen molar-refractivity contribution in [3.63, 3.8) is 0 Å². The molecule has 0 bridgehead atoms. The molecule has 0 aliphatic heterocycles. The quantitative estimate of drug-likeness (QED) is 0.680. The maximum atomic E-state index is 13.4. The summed E-state index contributed by atoms with van der Waals surface area (Å²) in [4.78, 5) is 7.63. The van der Waals surface area contributed by atoms with E-state index < -0.39 is 0 Å². The van der Waals surface area contributed by atoms with E-state index in [9.17, 15) is 4.39 Å². The number of nitrogens with zero attached hydrogens (tertiary/aromatic N) is 1. The molecule has 0 unspecified atom stereocenters. The summed E-state index contributed by atoms with van der Waals surface area (Å²) >= 11 is 5.34. The summed E-state index contributed by atoms with van der Waals surface area (Å²) in [5.41, 5.74) is 3.53. The summed E-state index contributed by atoms with van der Waals surface area (Å²) in [6.07, 6.45) is 0. The zero-order chi connectivity index (χ0) is 14.8. The number of benzene rings is 2. The van der Waals surface area contributed by atoms with Crippen LogP contribution in [0.3, 0.4) is 0 Å². The van der Waals surface area contributed by atoms with E-state index in [-0.39, 0.29) is 5.82 Å². The van der Waals surface area contributed by atoms with E-state index in [0.717, 1.165) is 16.8 Å². The number of aromatic amines is 1. The molecule has 0 amide bonds. The van der Waals surface area contributed by atoms with Gasteiger partial charge in [-0.2, -0.15) is 0 Å². The van der Waals surface area contributed by atoms with Crippen molar-refractivity contribution >= 4 is 12.2 Å². The Bertz CT molecular complexity index is 841. The lowest BCUT2D eigenvalue weighted by atomic mass is 10.1. The molecule has 1 heterocycles. The molecule has 0 saturated carbocycles. The van der Waals surface area contributed by atoms with Crippen LogP contribution in [-0.4, -0.2) is 9.97 Å². The Hall–Kier alpha value is -2.33. The Labute approximate surface area is 127 Å². The molecular formula is C17H13FN2S. The van der Waals surface area contributed by atoms with Crippen LogP contribution in [0.15, 0.2) is 54.6 Å². The minimum atomic E-state index is -0.296. The van der Waals surface area contributed by atoms with Crippen LogP contribution in [-0.2, 0) is 0 Å². The molecule has 0 aliphatic rings. The average Bonchev–Trinajstić information content (AvgIpc) is 2.51. The van der Waals surface area contributed by atoms with Crippen LogP contribution in [0, 0.1) is 17.4 Å².